The number of amides is 1. The van der Waals surface area contributed by atoms with Crippen LogP contribution in [0.1, 0.15) is 98.2 Å². The monoisotopic (exact) mass is 660 g/mol. The van der Waals surface area contributed by atoms with Crippen molar-refractivity contribution in [2.24, 2.45) is 28.6 Å². The van der Waals surface area contributed by atoms with E-state index >= 15 is 0 Å². The van der Waals surface area contributed by atoms with Crippen molar-refractivity contribution in [2.45, 2.75) is 77.2 Å². The van der Waals surface area contributed by atoms with Crippen molar-refractivity contribution >= 4 is 34.1 Å². The Morgan fingerprint density at radius 1 is 1.02 bits per heavy atom. The van der Waals surface area contributed by atoms with Crippen molar-refractivity contribution in [2.75, 3.05) is 12.4 Å². The quantitative estimate of drug-likeness (QED) is 0.114. The minimum Gasteiger partial charge on any atom is -0.497 e. The Kier molecular flexibility index (Phi) is 8.68. The average Bonchev–Trinajstić information content (AvgIpc) is 3.67. The van der Waals surface area contributed by atoms with Gasteiger partial charge >= 0.3 is 0 Å². The first-order valence-corrected chi connectivity index (χ1v) is 18.2. The molecule has 248 valence electrons. The van der Waals surface area contributed by atoms with Crippen LogP contribution >= 0.6 is 11.3 Å². The molecule has 7 rings (SSSR count). The van der Waals surface area contributed by atoms with Gasteiger partial charge in [-0.3, -0.25) is 9.59 Å². The number of anilines is 1. The van der Waals surface area contributed by atoms with Crippen molar-refractivity contribution in [3.05, 3.63) is 99.5 Å². The Morgan fingerprint density at radius 2 is 1.79 bits per heavy atom. The molecule has 3 saturated carbocycles. The third-order valence-corrected chi connectivity index (χ3v) is 13.5. The number of hydrogen-bond donors (Lipinski definition) is 2. The molecular formula is C41H44N2O4S. The highest BCUT2D eigenvalue weighted by Gasteiger charge is 2.59. The zero-order valence-electron chi connectivity index (χ0n) is 28.0. The SMILES string of the molecule is COc1ccc(/C=C(\C#N)C(=O)Nc2scc([C@H]3CC[C@H]4[C@@H]5CC=C6C[C@@H](O)CC[C@]6(C)[C@H]5CC[C@]34C)c2C(=O)c2ccccc2)cc1. The molecule has 6 nitrogen and oxygen atoms in total. The minimum atomic E-state index is -0.532. The molecule has 0 bridgehead atoms. The molecule has 4 aliphatic rings. The van der Waals surface area contributed by atoms with Crippen LogP contribution in [0.4, 0.5) is 5.00 Å². The van der Waals surface area contributed by atoms with E-state index in [9.17, 15) is 20.0 Å². The summed E-state index contributed by atoms with van der Waals surface area (Å²) in [6.07, 6.45) is 12.1. The largest absolute Gasteiger partial charge is 0.497 e. The number of carbonyl (C=O) groups is 2. The minimum absolute atomic E-state index is 0.0344. The van der Waals surface area contributed by atoms with Gasteiger partial charge in [-0.15, -0.1) is 11.3 Å². The standard InChI is InChI=1S/C41H44N2O4S/c1-40-19-17-29(44)22-28(40)11-14-31-33-15-16-34(41(33,2)20-18-35(31)40)32-24-48-39(36(32)37(45)26-7-5-4-6-8-26)43-38(46)27(23-42)21-25-9-12-30(47-3)13-10-25/h4-13,21,24,29,31,33-35,44H,14-20,22H2,1-3H3,(H,43,46)/b27-21+/t29-,31-,33-,34+,35-,40-,41-/m0/s1. The lowest BCUT2D eigenvalue weighted by molar-refractivity contribution is -0.112. The Bertz CT molecular complexity index is 1820. The first kappa shape index (κ1) is 32.6. The molecule has 7 heteroatoms. The van der Waals surface area contributed by atoms with E-state index in [1.807, 2.05) is 30.3 Å². The van der Waals surface area contributed by atoms with Gasteiger partial charge in [0, 0.05) is 5.56 Å². The maximum atomic E-state index is 14.3. The fourth-order valence-corrected chi connectivity index (χ4v) is 11.0. The van der Waals surface area contributed by atoms with Crippen molar-refractivity contribution < 1.29 is 19.4 Å². The first-order valence-electron chi connectivity index (χ1n) is 17.3. The summed E-state index contributed by atoms with van der Waals surface area (Å²) in [5.41, 5.74) is 4.55. The highest BCUT2D eigenvalue weighted by atomic mass is 32.1. The number of aliphatic hydroxyl groups is 1. The van der Waals surface area contributed by atoms with Crippen molar-refractivity contribution in [3.63, 3.8) is 0 Å². The number of ether oxygens (including phenoxy) is 1. The summed E-state index contributed by atoms with van der Waals surface area (Å²) in [5.74, 6) is 2.04. The van der Waals surface area contributed by atoms with E-state index in [4.69, 9.17) is 4.74 Å². The molecule has 48 heavy (non-hydrogen) atoms. The number of aliphatic hydroxyl groups excluding tert-OH is 1. The van der Waals surface area contributed by atoms with Crippen LogP contribution in [0.15, 0.2) is 77.2 Å². The normalized spacial score (nSPS) is 31.0. The van der Waals surface area contributed by atoms with Gasteiger partial charge in [0.25, 0.3) is 5.91 Å². The number of ketones is 1. The molecule has 4 aliphatic carbocycles. The van der Waals surface area contributed by atoms with E-state index < -0.39 is 5.91 Å². The third-order valence-electron chi connectivity index (χ3n) is 12.6. The topological polar surface area (TPSA) is 99.4 Å². The zero-order chi connectivity index (χ0) is 33.6. The summed E-state index contributed by atoms with van der Waals surface area (Å²) in [7, 11) is 1.59. The summed E-state index contributed by atoms with van der Waals surface area (Å²) < 4.78 is 5.23. The second-order valence-corrected chi connectivity index (χ2v) is 15.7. The fourth-order valence-electron chi connectivity index (χ4n) is 10.0. The molecule has 0 spiro atoms. The molecule has 1 heterocycles. The van der Waals surface area contributed by atoms with Crippen LogP contribution in [0.2, 0.25) is 0 Å². The Hall–Kier alpha value is -3.99. The van der Waals surface area contributed by atoms with E-state index in [0.29, 0.717) is 45.2 Å². The van der Waals surface area contributed by atoms with E-state index in [-0.39, 0.29) is 34.2 Å². The van der Waals surface area contributed by atoms with Crippen molar-refractivity contribution in [1.82, 2.24) is 0 Å². The molecule has 1 amide bonds. The van der Waals surface area contributed by atoms with Gasteiger partial charge in [0.1, 0.15) is 22.4 Å². The summed E-state index contributed by atoms with van der Waals surface area (Å²) in [5, 5.41) is 26.0. The molecule has 0 saturated heterocycles. The molecule has 0 aliphatic heterocycles. The average molecular weight is 661 g/mol. The highest BCUT2D eigenvalue weighted by molar-refractivity contribution is 7.15. The zero-order valence-corrected chi connectivity index (χ0v) is 28.8. The molecule has 0 unspecified atom stereocenters. The van der Waals surface area contributed by atoms with Gasteiger partial charge in [-0.1, -0.05) is 68.0 Å². The van der Waals surface area contributed by atoms with E-state index in [1.165, 1.54) is 16.9 Å². The molecule has 1 aromatic heterocycles. The molecule has 2 N–H and O–H groups in total. The number of nitrogens with one attached hydrogen (secondary N) is 1. The van der Waals surface area contributed by atoms with Gasteiger partial charge in [-0.2, -0.15) is 5.26 Å². The fraction of sp³-hybridized carbons (Fsp3) is 0.439. The number of thiophene rings is 1. The van der Waals surface area contributed by atoms with E-state index in [0.717, 1.165) is 56.9 Å². The van der Waals surface area contributed by atoms with Crippen LogP contribution in [0.3, 0.4) is 0 Å². The van der Waals surface area contributed by atoms with Gasteiger partial charge in [-0.25, -0.2) is 0 Å². The number of fused-ring (bicyclic) bond motifs is 5. The van der Waals surface area contributed by atoms with Crippen molar-refractivity contribution in [3.8, 4) is 11.8 Å². The van der Waals surface area contributed by atoms with Gasteiger partial charge in [-0.05, 0) is 121 Å². The maximum Gasteiger partial charge on any atom is 0.266 e. The van der Waals surface area contributed by atoms with E-state index in [2.05, 4.69) is 36.7 Å². The van der Waals surface area contributed by atoms with Gasteiger partial charge < -0.3 is 15.2 Å². The lowest BCUT2D eigenvalue weighted by atomic mass is 9.47. The van der Waals surface area contributed by atoms with Crippen LogP contribution in [-0.2, 0) is 4.79 Å². The Balaban J connectivity index is 1.21. The van der Waals surface area contributed by atoms with Crippen LogP contribution in [0.25, 0.3) is 6.08 Å². The summed E-state index contributed by atoms with van der Waals surface area (Å²) in [4.78, 5) is 27.9. The number of rotatable bonds is 7. The number of nitrogens with zero attached hydrogens (tertiary/aromatic N) is 1. The third kappa shape index (κ3) is 5.53. The lowest BCUT2D eigenvalue weighted by Gasteiger charge is -2.58. The van der Waals surface area contributed by atoms with Crippen LogP contribution < -0.4 is 10.1 Å². The second-order valence-electron chi connectivity index (χ2n) is 14.8. The summed E-state index contributed by atoms with van der Waals surface area (Å²) >= 11 is 1.39. The number of methoxy groups -OCH3 is 1. The van der Waals surface area contributed by atoms with Gasteiger partial charge in [0.2, 0.25) is 0 Å². The summed E-state index contributed by atoms with van der Waals surface area (Å²) in [6.45, 7) is 4.91. The smallest absolute Gasteiger partial charge is 0.266 e. The van der Waals surface area contributed by atoms with Crippen LogP contribution in [0.5, 0.6) is 5.75 Å². The molecular weight excluding hydrogens is 617 g/mol. The predicted octanol–water partition coefficient (Wildman–Crippen LogP) is 8.94. The van der Waals surface area contributed by atoms with Gasteiger partial charge in [0.05, 0.1) is 18.8 Å². The number of hydrogen-bond acceptors (Lipinski definition) is 6. The summed E-state index contributed by atoms with van der Waals surface area (Å²) in [6, 6.07) is 18.5. The number of allylic oxidation sites excluding steroid dienone is 1. The lowest BCUT2D eigenvalue weighted by Crippen LogP contribution is -2.50. The molecule has 3 fully saturated rings. The second kappa shape index (κ2) is 12.8. The Morgan fingerprint density at radius 3 is 2.52 bits per heavy atom. The molecule has 3 aromatic rings. The van der Waals surface area contributed by atoms with Crippen molar-refractivity contribution in [1.29, 1.82) is 5.26 Å². The van der Waals surface area contributed by atoms with E-state index in [1.54, 1.807) is 37.5 Å². The number of benzene rings is 2. The highest BCUT2D eigenvalue weighted by Crippen LogP contribution is 2.68. The van der Waals surface area contributed by atoms with Gasteiger partial charge in [0.15, 0.2) is 5.78 Å². The molecule has 7 atom stereocenters. The number of nitriles is 1. The maximum absolute atomic E-state index is 14.3. The first-order chi connectivity index (χ1) is 23.2. The van der Waals surface area contributed by atoms with Crippen LogP contribution in [-0.4, -0.2) is 30.0 Å². The Labute approximate surface area is 287 Å². The number of carbonyl (C=O) groups excluding carboxylic acids is 2. The van der Waals surface area contributed by atoms with Crippen LogP contribution in [0, 0.1) is 39.9 Å². The predicted molar refractivity (Wildman–Crippen MR) is 190 cm³/mol. The molecule has 0 radical (unpaired) electrons. The molecule has 2 aromatic carbocycles.